The quantitative estimate of drug-likeness (QED) is 0.454. The van der Waals surface area contributed by atoms with Gasteiger partial charge in [0.1, 0.15) is 0 Å². The summed E-state index contributed by atoms with van der Waals surface area (Å²) in [6, 6.07) is 0.0451. The summed E-state index contributed by atoms with van der Waals surface area (Å²) in [6.07, 6.45) is 5.37. The largest absolute Gasteiger partial charge is 0.540 e. The Kier molecular flexibility index (Phi) is 5.66. The molecule has 0 saturated carbocycles. The van der Waals surface area contributed by atoms with E-state index >= 15 is 0 Å². The van der Waals surface area contributed by atoms with E-state index < -0.39 is 0 Å². The van der Waals surface area contributed by atoms with Gasteiger partial charge in [-0.2, -0.15) is 0 Å². The summed E-state index contributed by atoms with van der Waals surface area (Å²) in [7, 11) is 2.56. The van der Waals surface area contributed by atoms with E-state index in [0.717, 1.165) is 13.0 Å². The smallest absolute Gasteiger partial charge is 0 e. The Morgan fingerprint density at radius 1 is 1.50 bits per heavy atom. The van der Waals surface area contributed by atoms with Crippen LogP contribution in [0.25, 0.3) is 0 Å². The average molecular weight is 195 g/mol. The van der Waals surface area contributed by atoms with Crippen molar-refractivity contribution in [3.63, 3.8) is 0 Å². The fourth-order valence-electron chi connectivity index (χ4n) is 1.08. The number of rotatable bonds is 1. The molecule has 0 aromatic rings. The summed E-state index contributed by atoms with van der Waals surface area (Å²) in [6.45, 7) is 1.02. The molecular weight excluding hydrogens is 184 g/mol. The van der Waals surface area contributed by atoms with E-state index in [2.05, 4.69) is 9.39 Å². The molecule has 0 aromatic heterocycles. The number of carbonyl (C=O) groups excluding carboxylic acids is 1. The van der Waals surface area contributed by atoms with Crippen LogP contribution in [0.2, 0.25) is 0 Å². The third kappa shape index (κ3) is 2.71. The molecule has 2 nitrogen and oxygen atoms in total. The first-order chi connectivity index (χ1) is 4.34. The number of nitrogens with zero attached hydrogens (tertiary/aromatic N) is 1. The Hall–Kier alpha value is 0.644. The second-order valence-corrected chi connectivity index (χ2v) is 3.03. The van der Waals surface area contributed by atoms with E-state index in [1.54, 1.807) is 0 Å². The van der Waals surface area contributed by atoms with Crippen LogP contribution < -0.4 is 0 Å². The molecule has 1 heterocycles. The molecule has 1 aliphatic rings. The van der Waals surface area contributed by atoms with Gasteiger partial charge in [-0.05, 0) is 13.0 Å². The van der Waals surface area contributed by atoms with Crippen molar-refractivity contribution in [1.29, 1.82) is 0 Å². The molecule has 57 valence electrons. The minimum Gasteiger partial charge on any atom is -0.540 e. The second-order valence-electron chi connectivity index (χ2n) is 2.37. The third-order valence-electron chi connectivity index (χ3n) is 1.68. The monoisotopic (exact) mass is 195 g/mol. The van der Waals surface area contributed by atoms with Crippen molar-refractivity contribution >= 4 is 15.7 Å². The minimum absolute atomic E-state index is 0. The van der Waals surface area contributed by atoms with Gasteiger partial charge in [0.15, 0.2) is 0 Å². The van der Waals surface area contributed by atoms with E-state index in [4.69, 9.17) is 0 Å². The van der Waals surface area contributed by atoms with Gasteiger partial charge in [-0.3, -0.25) is 0 Å². The van der Waals surface area contributed by atoms with Gasteiger partial charge in [0.05, 0.1) is 0 Å². The molecule has 0 spiro atoms. The minimum atomic E-state index is 0. The van der Waals surface area contributed by atoms with Gasteiger partial charge in [0.2, 0.25) is 0 Å². The van der Waals surface area contributed by atoms with Crippen LogP contribution in [-0.4, -0.2) is 23.5 Å². The fraction of sp³-hybridized carbons (Fsp3) is 0.833. The molecule has 0 aromatic carbocycles. The van der Waals surface area contributed by atoms with E-state index in [1.807, 2.05) is 11.0 Å². The number of piperidine rings is 1. The molecule has 0 amide bonds. The molecule has 4 heteroatoms. The maximum absolute atomic E-state index is 10.2. The summed E-state index contributed by atoms with van der Waals surface area (Å²) < 4.78 is 1.98. The maximum Gasteiger partial charge on any atom is 0 e. The zero-order valence-corrected chi connectivity index (χ0v) is 8.34. The van der Waals surface area contributed by atoms with Crippen molar-refractivity contribution in [3.05, 3.63) is 0 Å². The zero-order chi connectivity index (χ0) is 6.69. The van der Waals surface area contributed by atoms with Crippen molar-refractivity contribution in [2.75, 3.05) is 6.54 Å². The number of hydrogen-bond donors (Lipinski definition) is 0. The third-order valence-corrected chi connectivity index (χ3v) is 2.30. The predicted octanol–water partition coefficient (Wildman–Crippen LogP) is 0.738. The molecule has 2 unspecified atom stereocenters. The Labute approximate surface area is 75.9 Å². The van der Waals surface area contributed by atoms with Gasteiger partial charge in [-0.1, -0.05) is 28.3 Å². The summed E-state index contributed by atoms with van der Waals surface area (Å²) in [5, 5.41) is 0. The van der Waals surface area contributed by atoms with Gasteiger partial charge in [0.25, 0.3) is 0 Å². The standard InChI is InChI=1S/C6H11NOP.V/c8-5-6-3-1-2-4-7(6)9;/h6H,1-4,9H2;/q-1;. The molecule has 2 atom stereocenters. The van der Waals surface area contributed by atoms with Gasteiger partial charge in [-0.15, -0.1) is 0 Å². The van der Waals surface area contributed by atoms with Crippen LogP contribution in [0.15, 0.2) is 0 Å². The summed E-state index contributed by atoms with van der Waals surface area (Å²) in [5.41, 5.74) is 0. The Morgan fingerprint density at radius 3 is 2.60 bits per heavy atom. The first kappa shape index (κ1) is 10.6. The van der Waals surface area contributed by atoms with E-state index in [-0.39, 0.29) is 24.6 Å². The molecule has 0 aliphatic carbocycles. The van der Waals surface area contributed by atoms with Gasteiger partial charge >= 0.3 is 0 Å². The van der Waals surface area contributed by atoms with Crippen molar-refractivity contribution in [3.8, 4) is 0 Å². The Balaban J connectivity index is 0.000000810. The predicted molar refractivity (Wildman–Crippen MR) is 39.7 cm³/mol. The number of hydrogen-bond acceptors (Lipinski definition) is 2. The molecule has 0 N–H and O–H groups in total. The Bertz CT molecular complexity index is 112. The summed E-state index contributed by atoms with van der Waals surface area (Å²) in [5.74, 6) is 0. The molecular formula is C6H11NOPV-. The van der Waals surface area contributed by atoms with Crippen molar-refractivity contribution in [1.82, 2.24) is 4.67 Å². The van der Waals surface area contributed by atoms with Crippen LogP contribution in [0.1, 0.15) is 19.3 Å². The maximum atomic E-state index is 10.2. The van der Waals surface area contributed by atoms with E-state index in [0.29, 0.717) is 0 Å². The first-order valence-corrected chi connectivity index (χ1v) is 3.75. The average Bonchev–Trinajstić information content (AvgIpc) is 1.89. The molecule has 1 radical (unpaired) electrons. The van der Waals surface area contributed by atoms with E-state index in [1.165, 1.54) is 12.8 Å². The van der Waals surface area contributed by atoms with Gasteiger partial charge < -0.3 is 9.46 Å². The van der Waals surface area contributed by atoms with Gasteiger partial charge in [0, 0.05) is 18.6 Å². The van der Waals surface area contributed by atoms with Crippen LogP contribution in [0, 0.1) is 0 Å². The summed E-state index contributed by atoms with van der Waals surface area (Å²) in [4.78, 5) is 10.2. The molecule has 1 aliphatic heterocycles. The van der Waals surface area contributed by atoms with Crippen molar-refractivity contribution < 1.29 is 23.4 Å². The summed E-state index contributed by atoms with van der Waals surface area (Å²) >= 11 is 0. The van der Waals surface area contributed by atoms with Crippen LogP contribution in [-0.2, 0) is 23.4 Å². The second kappa shape index (κ2) is 5.32. The molecule has 10 heavy (non-hydrogen) atoms. The zero-order valence-electron chi connectivity index (χ0n) is 5.79. The van der Waals surface area contributed by atoms with E-state index in [9.17, 15) is 4.79 Å². The molecule has 0 bridgehead atoms. The topological polar surface area (TPSA) is 20.3 Å². The van der Waals surface area contributed by atoms with Crippen LogP contribution in [0.4, 0.5) is 0 Å². The van der Waals surface area contributed by atoms with Gasteiger partial charge in [-0.25, -0.2) is 6.29 Å². The van der Waals surface area contributed by atoms with Crippen LogP contribution in [0.5, 0.6) is 0 Å². The SMILES string of the molecule is O=[C-]C1CCCCN1P.[V]. The molecule has 1 fully saturated rings. The van der Waals surface area contributed by atoms with Crippen molar-refractivity contribution in [2.24, 2.45) is 0 Å². The Morgan fingerprint density at radius 2 is 2.20 bits per heavy atom. The van der Waals surface area contributed by atoms with Crippen LogP contribution in [0.3, 0.4) is 0 Å². The molecule has 1 saturated heterocycles. The van der Waals surface area contributed by atoms with Crippen molar-refractivity contribution in [2.45, 2.75) is 25.3 Å². The fourth-order valence-corrected chi connectivity index (χ4v) is 1.47. The van der Waals surface area contributed by atoms with Crippen LogP contribution >= 0.6 is 9.39 Å². The normalized spacial score (nSPS) is 27.1. The molecule has 1 rings (SSSR count). The first-order valence-electron chi connectivity index (χ1n) is 3.23.